The Labute approximate surface area is 154 Å². The van der Waals surface area contributed by atoms with E-state index in [2.05, 4.69) is 5.32 Å². The summed E-state index contributed by atoms with van der Waals surface area (Å²) in [5.74, 6) is -0.148. The van der Waals surface area contributed by atoms with E-state index in [-0.39, 0.29) is 12.3 Å². The minimum Gasteiger partial charge on any atom is -0.493 e. The number of nitrogens with one attached hydrogen (secondary N) is 1. The van der Waals surface area contributed by atoms with Crippen molar-refractivity contribution in [1.29, 1.82) is 0 Å². The van der Waals surface area contributed by atoms with Crippen LogP contribution >= 0.6 is 0 Å². The maximum absolute atomic E-state index is 12.4. The van der Waals surface area contributed by atoms with Gasteiger partial charge in [0.2, 0.25) is 0 Å². The number of anilines is 1. The van der Waals surface area contributed by atoms with E-state index in [0.717, 1.165) is 0 Å². The molecule has 2 aromatic rings. The molecule has 8 nitrogen and oxygen atoms in total. The van der Waals surface area contributed by atoms with E-state index in [1.165, 1.54) is 20.3 Å². The Morgan fingerprint density at radius 3 is 2.56 bits per heavy atom. The Bertz CT molecular complexity index is 998. The van der Waals surface area contributed by atoms with Crippen molar-refractivity contribution in [3.63, 3.8) is 0 Å². The van der Waals surface area contributed by atoms with Gasteiger partial charge in [0.15, 0.2) is 11.5 Å². The summed E-state index contributed by atoms with van der Waals surface area (Å²) in [6, 6.07) is 9.88. The third-order valence-electron chi connectivity index (χ3n) is 4.78. The molecule has 0 fully saturated rings. The van der Waals surface area contributed by atoms with Gasteiger partial charge in [0.05, 0.1) is 36.3 Å². The number of para-hydroxylation sites is 1. The van der Waals surface area contributed by atoms with E-state index in [1.54, 1.807) is 30.3 Å². The van der Waals surface area contributed by atoms with Gasteiger partial charge in [-0.25, -0.2) is 4.79 Å². The first-order valence-corrected chi connectivity index (χ1v) is 8.21. The van der Waals surface area contributed by atoms with Crippen LogP contribution in [0.25, 0.3) is 0 Å². The van der Waals surface area contributed by atoms with Crippen LogP contribution in [0.3, 0.4) is 0 Å². The van der Waals surface area contributed by atoms with Gasteiger partial charge in [0.25, 0.3) is 5.69 Å². The second kappa shape index (κ2) is 6.31. The molecule has 1 N–H and O–H groups in total. The number of benzene rings is 2. The number of rotatable bonds is 4. The predicted octanol–water partition coefficient (Wildman–Crippen LogP) is 2.98. The topological polar surface area (TPSA) is 99.9 Å². The van der Waals surface area contributed by atoms with Crippen molar-refractivity contribution in [2.24, 2.45) is 0 Å². The highest BCUT2D eigenvalue weighted by Gasteiger charge is 2.41. The summed E-state index contributed by atoms with van der Waals surface area (Å²) in [5.41, 5.74) is 2.71. The number of ether oxygens (including phenoxy) is 3. The van der Waals surface area contributed by atoms with E-state index in [4.69, 9.17) is 14.2 Å². The molecule has 2 aliphatic rings. The van der Waals surface area contributed by atoms with Gasteiger partial charge in [0, 0.05) is 23.4 Å². The maximum atomic E-state index is 12.4. The number of fused-ring (bicyclic) bond motifs is 1. The Morgan fingerprint density at radius 1 is 1.15 bits per heavy atom. The molecule has 1 atom stereocenters. The third kappa shape index (κ3) is 2.57. The number of carbonyl (C=O) groups is 1. The lowest BCUT2D eigenvalue weighted by atomic mass is 9.80. The Hall–Kier alpha value is -3.55. The molecule has 0 saturated heterocycles. The van der Waals surface area contributed by atoms with Gasteiger partial charge in [-0.3, -0.25) is 10.1 Å². The fourth-order valence-corrected chi connectivity index (χ4v) is 3.59. The van der Waals surface area contributed by atoms with Crippen molar-refractivity contribution in [2.75, 3.05) is 26.1 Å². The summed E-state index contributed by atoms with van der Waals surface area (Å²) in [4.78, 5) is 23.6. The number of hydrogen-bond acceptors (Lipinski definition) is 7. The zero-order valence-electron chi connectivity index (χ0n) is 14.6. The van der Waals surface area contributed by atoms with Crippen molar-refractivity contribution in [1.82, 2.24) is 0 Å². The number of methoxy groups -OCH3 is 2. The second-order valence-electron chi connectivity index (χ2n) is 6.14. The summed E-state index contributed by atoms with van der Waals surface area (Å²) in [6.45, 7) is 0.0963. The predicted molar refractivity (Wildman–Crippen MR) is 96.1 cm³/mol. The molecule has 8 heteroatoms. The molecule has 0 aromatic heterocycles. The lowest BCUT2D eigenvalue weighted by molar-refractivity contribution is -0.385. The summed E-state index contributed by atoms with van der Waals surface area (Å²) in [5, 5.41) is 14.8. The van der Waals surface area contributed by atoms with Crippen molar-refractivity contribution in [2.45, 2.75) is 5.92 Å². The average molecular weight is 368 g/mol. The number of esters is 1. The number of cyclic esters (lactones) is 1. The maximum Gasteiger partial charge on any atom is 0.337 e. The van der Waals surface area contributed by atoms with Crippen molar-refractivity contribution in [3.05, 3.63) is 68.9 Å². The molecule has 0 unspecified atom stereocenters. The zero-order chi connectivity index (χ0) is 19.1. The Balaban J connectivity index is 2.00. The molecule has 2 heterocycles. The molecule has 0 bridgehead atoms. The van der Waals surface area contributed by atoms with Crippen LogP contribution in [0.2, 0.25) is 0 Å². The molecule has 0 aliphatic carbocycles. The van der Waals surface area contributed by atoms with Gasteiger partial charge in [-0.05, 0) is 11.6 Å². The van der Waals surface area contributed by atoms with Crippen LogP contribution in [0, 0.1) is 10.1 Å². The molecule has 0 radical (unpaired) electrons. The van der Waals surface area contributed by atoms with Crippen LogP contribution < -0.4 is 14.8 Å². The van der Waals surface area contributed by atoms with Crippen molar-refractivity contribution >= 4 is 17.3 Å². The molecular weight excluding hydrogens is 352 g/mol. The molecule has 27 heavy (non-hydrogen) atoms. The molecule has 0 spiro atoms. The van der Waals surface area contributed by atoms with Crippen LogP contribution in [0.4, 0.5) is 11.4 Å². The van der Waals surface area contributed by atoms with E-state index < -0.39 is 16.8 Å². The van der Waals surface area contributed by atoms with Gasteiger partial charge in [-0.2, -0.15) is 0 Å². The molecule has 2 aliphatic heterocycles. The largest absolute Gasteiger partial charge is 0.493 e. The van der Waals surface area contributed by atoms with E-state index >= 15 is 0 Å². The fraction of sp³-hybridized carbons (Fsp3) is 0.211. The lowest BCUT2D eigenvalue weighted by Gasteiger charge is -2.28. The quantitative estimate of drug-likeness (QED) is 0.503. The lowest BCUT2D eigenvalue weighted by Crippen LogP contribution is -2.20. The first-order chi connectivity index (χ1) is 13.0. The zero-order valence-corrected chi connectivity index (χ0v) is 14.6. The highest BCUT2D eigenvalue weighted by Crippen LogP contribution is 2.49. The standard InChI is InChI=1S/C19H16N2O6/c1-25-15-7-11-12(8-16(15)26-2)20-13-9-27-19(22)18(13)17(11)10-5-3-4-6-14(10)21(23)24/h3-8,17,20H,9H2,1-2H3/t17-/m1/s1. The molecule has 2 aromatic carbocycles. The number of carbonyl (C=O) groups excluding carboxylic acids is 1. The highest BCUT2D eigenvalue weighted by atomic mass is 16.6. The van der Waals surface area contributed by atoms with Crippen LogP contribution in [0.1, 0.15) is 17.0 Å². The fourth-order valence-electron chi connectivity index (χ4n) is 3.59. The minimum atomic E-state index is -0.646. The van der Waals surface area contributed by atoms with Gasteiger partial charge in [-0.15, -0.1) is 0 Å². The van der Waals surface area contributed by atoms with Crippen LogP contribution in [0.5, 0.6) is 11.5 Å². The van der Waals surface area contributed by atoms with Gasteiger partial charge in [-0.1, -0.05) is 18.2 Å². The van der Waals surface area contributed by atoms with Crippen molar-refractivity contribution in [3.8, 4) is 11.5 Å². The van der Waals surface area contributed by atoms with Gasteiger partial charge >= 0.3 is 5.97 Å². The Kier molecular flexibility index (Phi) is 3.95. The highest BCUT2D eigenvalue weighted by molar-refractivity contribution is 5.97. The SMILES string of the molecule is COc1cc2c(cc1OC)[C@@H](c1ccccc1[N+](=O)[O-])C1=C(COC1=O)N2. The number of nitro groups is 1. The van der Waals surface area contributed by atoms with Crippen LogP contribution in [-0.4, -0.2) is 31.7 Å². The third-order valence-corrected chi connectivity index (χ3v) is 4.78. The smallest absolute Gasteiger partial charge is 0.337 e. The molecule has 4 rings (SSSR count). The molecule has 138 valence electrons. The monoisotopic (exact) mass is 368 g/mol. The van der Waals surface area contributed by atoms with Gasteiger partial charge < -0.3 is 19.5 Å². The Morgan fingerprint density at radius 2 is 1.85 bits per heavy atom. The van der Waals surface area contributed by atoms with Crippen LogP contribution in [0.15, 0.2) is 47.7 Å². The first kappa shape index (κ1) is 16.9. The minimum absolute atomic E-state index is 0.0586. The molecular formula is C19H16N2O6. The second-order valence-corrected chi connectivity index (χ2v) is 6.14. The molecule has 0 saturated carbocycles. The van der Waals surface area contributed by atoms with E-state index in [0.29, 0.717) is 39.6 Å². The summed E-state index contributed by atoms with van der Waals surface area (Å²) < 4.78 is 15.9. The molecule has 0 amide bonds. The summed E-state index contributed by atoms with van der Waals surface area (Å²) >= 11 is 0. The van der Waals surface area contributed by atoms with Crippen LogP contribution in [-0.2, 0) is 9.53 Å². The normalized spacial score (nSPS) is 17.6. The van der Waals surface area contributed by atoms with Crippen molar-refractivity contribution < 1.29 is 23.9 Å². The van der Waals surface area contributed by atoms with E-state index in [9.17, 15) is 14.9 Å². The number of nitrogens with zero attached hydrogens (tertiary/aromatic N) is 1. The summed E-state index contributed by atoms with van der Waals surface area (Å²) in [7, 11) is 3.04. The number of nitro benzene ring substituents is 1. The number of hydrogen-bond donors (Lipinski definition) is 1. The van der Waals surface area contributed by atoms with Gasteiger partial charge in [0.1, 0.15) is 6.61 Å². The summed E-state index contributed by atoms with van der Waals surface area (Å²) in [6.07, 6.45) is 0. The average Bonchev–Trinajstić information content (AvgIpc) is 3.05. The van der Waals surface area contributed by atoms with E-state index in [1.807, 2.05) is 0 Å². The first-order valence-electron chi connectivity index (χ1n) is 8.21.